The van der Waals surface area contributed by atoms with Gasteiger partial charge in [0.2, 0.25) is 0 Å². The van der Waals surface area contributed by atoms with Crippen molar-refractivity contribution in [3.05, 3.63) is 90.0 Å². The van der Waals surface area contributed by atoms with Gasteiger partial charge < -0.3 is 10.1 Å². The number of benzene rings is 2. The average molecular weight is 495 g/mol. The molecule has 2 N–H and O–H groups in total. The first-order valence-electron chi connectivity index (χ1n) is 8.86. The number of sulfone groups is 1. The first-order valence-corrected chi connectivity index (χ1v) is 11.8. The Morgan fingerprint density at radius 3 is 2.59 bits per heavy atom. The summed E-state index contributed by atoms with van der Waals surface area (Å²) in [5, 5.41) is 10.5. The molecule has 4 aromatic rings. The average Bonchev–Trinajstić information content (AvgIpc) is 3.15. The van der Waals surface area contributed by atoms with E-state index < -0.39 is 44.3 Å². The first kappa shape index (κ1) is 21.9. The molecule has 2 heterocycles. The zero-order valence-corrected chi connectivity index (χ0v) is 18.2. The van der Waals surface area contributed by atoms with Gasteiger partial charge >= 0.3 is 11.7 Å². The molecule has 32 heavy (non-hydrogen) atoms. The number of rotatable bonds is 5. The molecule has 0 amide bonds. The second-order valence-corrected chi connectivity index (χ2v) is 9.97. The number of H-pyrrole nitrogens is 1. The van der Waals surface area contributed by atoms with Crippen LogP contribution in [0.2, 0.25) is 5.02 Å². The number of thiophene rings is 1. The highest BCUT2D eigenvalue weighted by atomic mass is 35.5. The SMILES string of the molecule is O=C(O)c1scc2[nH]c(=O)n(-c3cc(S(=O)(=O)Cc4ccccc4Cl)ccc3F)c(=O)c12. The van der Waals surface area contributed by atoms with Crippen LogP contribution in [0.15, 0.2) is 62.3 Å². The number of nitrogens with zero attached hydrogens (tertiary/aromatic N) is 1. The van der Waals surface area contributed by atoms with Crippen LogP contribution in [0.4, 0.5) is 4.39 Å². The lowest BCUT2D eigenvalue weighted by Gasteiger charge is -2.11. The Hall–Kier alpha value is -3.28. The molecule has 2 aromatic carbocycles. The minimum Gasteiger partial charge on any atom is -0.477 e. The minimum absolute atomic E-state index is 0.0125. The molecule has 164 valence electrons. The van der Waals surface area contributed by atoms with Crippen molar-refractivity contribution in [1.82, 2.24) is 9.55 Å². The summed E-state index contributed by atoms with van der Waals surface area (Å²) in [6.45, 7) is 0. The number of halogens is 2. The van der Waals surface area contributed by atoms with Crippen molar-refractivity contribution in [2.75, 3.05) is 0 Å². The summed E-state index contributed by atoms with van der Waals surface area (Å²) in [7, 11) is -4.03. The van der Waals surface area contributed by atoms with E-state index in [1.807, 2.05) is 0 Å². The molecule has 0 saturated heterocycles. The van der Waals surface area contributed by atoms with Gasteiger partial charge in [-0.2, -0.15) is 0 Å². The van der Waals surface area contributed by atoms with Gasteiger partial charge in [0.1, 0.15) is 10.7 Å². The molecule has 4 rings (SSSR count). The smallest absolute Gasteiger partial charge is 0.346 e. The summed E-state index contributed by atoms with van der Waals surface area (Å²) in [6, 6.07) is 8.99. The Balaban J connectivity index is 1.91. The van der Waals surface area contributed by atoms with Crippen molar-refractivity contribution in [2.24, 2.45) is 0 Å². The summed E-state index contributed by atoms with van der Waals surface area (Å²) < 4.78 is 40.8. The van der Waals surface area contributed by atoms with Crippen molar-refractivity contribution in [3.63, 3.8) is 0 Å². The molecule has 0 bridgehead atoms. The summed E-state index contributed by atoms with van der Waals surface area (Å²) in [5.41, 5.74) is -2.44. The fourth-order valence-corrected chi connectivity index (χ4v) is 5.68. The normalized spacial score (nSPS) is 11.7. The highest BCUT2D eigenvalue weighted by molar-refractivity contribution is 7.90. The van der Waals surface area contributed by atoms with Crippen LogP contribution in [0.5, 0.6) is 0 Å². The highest BCUT2D eigenvalue weighted by Gasteiger charge is 2.23. The van der Waals surface area contributed by atoms with E-state index in [4.69, 9.17) is 11.6 Å². The molecular formula is C20H12ClFN2O6S2. The Kier molecular flexibility index (Phi) is 5.49. The van der Waals surface area contributed by atoms with Crippen LogP contribution in [0.25, 0.3) is 16.6 Å². The minimum atomic E-state index is -4.03. The number of carboxylic acid groups (broad SMARTS) is 1. The third-order valence-corrected chi connectivity index (χ3v) is 7.67. The number of fused-ring (bicyclic) bond motifs is 1. The molecule has 0 fully saturated rings. The molecule has 0 aliphatic heterocycles. The molecule has 0 aliphatic rings. The van der Waals surface area contributed by atoms with Gasteiger partial charge in [-0.15, -0.1) is 11.3 Å². The maximum atomic E-state index is 14.6. The molecule has 0 aliphatic carbocycles. The molecule has 0 unspecified atom stereocenters. The van der Waals surface area contributed by atoms with E-state index in [-0.39, 0.29) is 25.7 Å². The highest BCUT2D eigenvalue weighted by Crippen LogP contribution is 2.25. The quantitative estimate of drug-likeness (QED) is 0.410. The van der Waals surface area contributed by atoms with Gasteiger partial charge in [-0.3, -0.25) is 4.79 Å². The van der Waals surface area contributed by atoms with Gasteiger partial charge in [-0.05, 0) is 29.8 Å². The van der Waals surface area contributed by atoms with Crippen LogP contribution in [-0.4, -0.2) is 29.0 Å². The number of nitrogens with one attached hydrogen (secondary N) is 1. The van der Waals surface area contributed by atoms with E-state index in [1.54, 1.807) is 12.1 Å². The Morgan fingerprint density at radius 1 is 1.19 bits per heavy atom. The van der Waals surface area contributed by atoms with Crippen molar-refractivity contribution >= 4 is 49.6 Å². The third-order valence-electron chi connectivity index (χ3n) is 4.67. The van der Waals surface area contributed by atoms with Gasteiger partial charge in [-0.25, -0.2) is 27.0 Å². The predicted molar refractivity (Wildman–Crippen MR) is 117 cm³/mol. The lowest BCUT2D eigenvalue weighted by molar-refractivity contribution is 0.0704. The fourth-order valence-electron chi connectivity index (χ4n) is 3.17. The molecule has 0 atom stereocenters. The topological polar surface area (TPSA) is 126 Å². The number of carboxylic acids is 1. The van der Waals surface area contributed by atoms with Gasteiger partial charge in [0, 0.05) is 10.4 Å². The number of aromatic amines is 1. The van der Waals surface area contributed by atoms with Gasteiger partial charge in [-0.1, -0.05) is 29.8 Å². The maximum absolute atomic E-state index is 14.6. The predicted octanol–water partition coefficient (Wildman–Crippen LogP) is 3.21. The van der Waals surface area contributed by atoms with Crippen LogP contribution < -0.4 is 11.2 Å². The van der Waals surface area contributed by atoms with Gasteiger partial charge in [0.15, 0.2) is 9.84 Å². The Bertz CT molecular complexity index is 1620. The van der Waals surface area contributed by atoms with E-state index in [9.17, 15) is 32.3 Å². The lowest BCUT2D eigenvalue weighted by atomic mass is 10.2. The van der Waals surface area contributed by atoms with Crippen molar-refractivity contribution < 1.29 is 22.7 Å². The third kappa shape index (κ3) is 3.74. The van der Waals surface area contributed by atoms with Gasteiger partial charge in [0.05, 0.1) is 27.2 Å². The number of hydrogen-bond acceptors (Lipinski definition) is 6. The Morgan fingerprint density at radius 2 is 1.91 bits per heavy atom. The second-order valence-electron chi connectivity index (χ2n) is 6.69. The van der Waals surface area contributed by atoms with E-state index in [0.29, 0.717) is 10.1 Å². The summed E-state index contributed by atoms with van der Waals surface area (Å²) in [5.74, 6) is -2.92. The molecule has 12 heteroatoms. The van der Waals surface area contributed by atoms with Crippen LogP contribution in [0, 0.1) is 5.82 Å². The summed E-state index contributed by atoms with van der Waals surface area (Å²) in [6.07, 6.45) is 0. The number of hydrogen-bond donors (Lipinski definition) is 2. The fraction of sp³-hybridized carbons (Fsp3) is 0.0500. The van der Waals surface area contributed by atoms with Crippen molar-refractivity contribution in [1.29, 1.82) is 0 Å². The number of aromatic nitrogens is 2. The van der Waals surface area contributed by atoms with E-state index >= 15 is 0 Å². The largest absolute Gasteiger partial charge is 0.477 e. The number of carbonyl (C=O) groups is 1. The summed E-state index contributed by atoms with van der Waals surface area (Å²) in [4.78, 5) is 38.5. The molecule has 0 spiro atoms. The van der Waals surface area contributed by atoms with E-state index in [0.717, 1.165) is 29.5 Å². The van der Waals surface area contributed by atoms with Gasteiger partial charge in [0.25, 0.3) is 5.56 Å². The molecule has 0 saturated carbocycles. The maximum Gasteiger partial charge on any atom is 0.346 e. The standard InChI is InChI=1S/C20H12ClFN2O6S2/c21-12-4-2-1-3-10(12)9-32(29,30)11-5-6-13(22)15(7-11)24-18(25)16-14(23-20(24)28)8-31-17(16)19(26)27/h1-8H,9H2,(H,23,28)(H,26,27). The van der Waals surface area contributed by atoms with Crippen LogP contribution in [-0.2, 0) is 15.6 Å². The monoisotopic (exact) mass is 494 g/mol. The van der Waals surface area contributed by atoms with E-state index in [2.05, 4.69) is 4.98 Å². The molecular weight excluding hydrogens is 483 g/mol. The summed E-state index contributed by atoms with van der Waals surface area (Å²) >= 11 is 6.76. The van der Waals surface area contributed by atoms with Crippen LogP contribution >= 0.6 is 22.9 Å². The molecule has 2 aromatic heterocycles. The Labute approximate surface area is 188 Å². The number of aromatic carboxylic acids is 1. The van der Waals surface area contributed by atoms with Crippen LogP contribution in [0.3, 0.4) is 0 Å². The second kappa shape index (κ2) is 8.01. The van der Waals surface area contributed by atoms with Crippen LogP contribution in [0.1, 0.15) is 15.2 Å². The lowest BCUT2D eigenvalue weighted by Crippen LogP contribution is -2.34. The van der Waals surface area contributed by atoms with E-state index in [1.165, 1.54) is 17.5 Å². The van der Waals surface area contributed by atoms with Crippen molar-refractivity contribution in [2.45, 2.75) is 10.6 Å². The first-order chi connectivity index (χ1) is 15.1. The molecule has 0 radical (unpaired) electrons. The molecule has 8 nitrogen and oxygen atoms in total. The zero-order valence-electron chi connectivity index (χ0n) is 15.8. The zero-order chi connectivity index (χ0) is 23.2. The van der Waals surface area contributed by atoms with Crippen molar-refractivity contribution in [3.8, 4) is 5.69 Å².